The summed E-state index contributed by atoms with van der Waals surface area (Å²) >= 11 is 0. The van der Waals surface area contributed by atoms with E-state index in [0.29, 0.717) is 41.5 Å². The van der Waals surface area contributed by atoms with Crippen LogP contribution in [0, 0.1) is 0 Å². The van der Waals surface area contributed by atoms with E-state index >= 15 is 0 Å². The van der Waals surface area contributed by atoms with Crippen molar-refractivity contribution in [2.45, 2.75) is 20.3 Å². The first-order valence-corrected chi connectivity index (χ1v) is 10.4. The van der Waals surface area contributed by atoms with Crippen LogP contribution in [-0.2, 0) is 9.59 Å². The average molecular weight is 424 g/mol. The van der Waals surface area contributed by atoms with Crippen LogP contribution in [0.15, 0.2) is 54.2 Å². The Balaban J connectivity index is 2.02. The van der Waals surface area contributed by atoms with Crippen molar-refractivity contribution in [3.8, 4) is 11.5 Å². The summed E-state index contributed by atoms with van der Waals surface area (Å²) in [6.07, 6.45) is 0.853. The van der Waals surface area contributed by atoms with Crippen molar-refractivity contribution in [2.75, 3.05) is 38.3 Å². The number of carbonyl (C=O) groups excluding carboxylic acids is 2. The van der Waals surface area contributed by atoms with Crippen LogP contribution in [0.1, 0.15) is 25.8 Å². The van der Waals surface area contributed by atoms with E-state index in [9.17, 15) is 14.7 Å². The molecule has 2 aromatic carbocycles. The van der Waals surface area contributed by atoms with E-state index in [-0.39, 0.29) is 18.8 Å². The molecule has 0 aromatic heterocycles. The number of nitrogens with zero attached hydrogens (tertiary/aromatic N) is 2. The summed E-state index contributed by atoms with van der Waals surface area (Å²) in [5.41, 5.74) is 1.61. The Bertz CT molecular complexity index is 968. The predicted molar refractivity (Wildman–Crippen MR) is 119 cm³/mol. The fourth-order valence-corrected chi connectivity index (χ4v) is 3.45. The van der Waals surface area contributed by atoms with Gasteiger partial charge in [-0.25, -0.2) is 4.90 Å². The Hall–Kier alpha value is -3.32. The van der Waals surface area contributed by atoms with Crippen LogP contribution >= 0.6 is 0 Å². The van der Waals surface area contributed by atoms with Crippen molar-refractivity contribution >= 4 is 23.1 Å². The number of likely N-dealkylation sites (N-methyl/N-ethyl adjacent to an activating group) is 1. The molecule has 0 bridgehead atoms. The molecule has 31 heavy (non-hydrogen) atoms. The molecule has 2 aromatic rings. The first-order chi connectivity index (χ1) is 15.0. The van der Waals surface area contributed by atoms with E-state index in [0.717, 1.165) is 11.3 Å². The quantitative estimate of drug-likeness (QED) is 0.591. The summed E-state index contributed by atoms with van der Waals surface area (Å²) < 4.78 is 11.2. The first kappa shape index (κ1) is 22.4. The lowest BCUT2D eigenvalue weighted by atomic mass is 10.0. The number of benzene rings is 2. The summed E-state index contributed by atoms with van der Waals surface area (Å²) in [6, 6.07) is 14.0. The third kappa shape index (κ3) is 4.72. The van der Waals surface area contributed by atoms with Gasteiger partial charge < -0.3 is 19.5 Å². The van der Waals surface area contributed by atoms with Gasteiger partial charge in [-0.2, -0.15) is 0 Å². The Morgan fingerprint density at radius 2 is 1.71 bits per heavy atom. The molecule has 0 saturated carbocycles. The molecule has 0 radical (unpaired) electrons. The molecule has 0 fully saturated rings. The molecule has 2 amide bonds. The van der Waals surface area contributed by atoms with Crippen molar-refractivity contribution in [2.24, 2.45) is 0 Å². The maximum Gasteiger partial charge on any atom is 0.282 e. The van der Waals surface area contributed by atoms with Crippen LogP contribution in [0.2, 0.25) is 0 Å². The van der Waals surface area contributed by atoms with Gasteiger partial charge in [-0.3, -0.25) is 9.59 Å². The molecule has 1 aliphatic rings. The minimum absolute atomic E-state index is 0.141. The largest absolute Gasteiger partial charge is 0.494 e. The number of hydrogen-bond donors (Lipinski definition) is 1. The summed E-state index contributed by atoms with van der Waals surface area (Å²) in [4.78, 5) is 29.6. The van der Waals surface area contributed by atoms with Gasteiger partial charge in [-0.15, -0.1) is 0 Å². The number of ether oxygens (including phenoxy) is 2. The van der Waals surface area contributed by atoms with Gasteiger partial charge in [0.05, 0.1) is 31.1 Å². The molecule has 3 rings (SSSR count). The van der Waals surface area contributed by atoms with Gasteiger partial charge in [0.1, 0.15) is 17.2 Å². The van der Waals surface area contributed by atoms with Gasteiger partial charge in [0, 0.05) is 19.7 Å². The minimum atomic E-state index is -0.433. The van der Waals surface area contributed by atoms with E-state index in [1.807, 2.05) is 13.8 Å². The highest BCUT2D eigenvalue weighted by molar-refractivity contribution is 6.45. The maximum absolute atomic E-state index is 13.5. The monoisotopic (exact) mass is 424 g/mol. The third-order valence-corrected chi connectivity index (χ3v) is 4.88. The molecule has 1 aliphatic heterocycles. The van der Waals surface area contributed by atoms with Gasteiger partial charge in [0.2, 0.25) is 0 Å². The predicted octanol–water partition coefficient (Wildman–Crippen LogP) is 3.08. The second-order valence-electron chi connectivity index (χ2n) is 7.12. The lowest BCUT2D eigenvalue weighted by Crippen LogP contribution is -2.34. The molecule has 0 aliphatic carbocycles. The smallest absolute Gasteiger partial charge is 0.282 e. The lowest BCUT2D eigenvalue weighted by molar-refractivity contribution is -0.120. The van der Waals surface area contributed by atoms with Crippen LogP contribution in [-0.4, -0.2) is 55.2 Å². The molecule has 0 unspecified atom stereocenters. The molecular weight excluding hydrogens is 396 g/mol. The van der Waals surface area contributed by atoms with Crippen LogP contribution in [0.4, 0.5) is 5.69 Å². The van der Waals surface area contributed by atoms with Crippen molar-refractivity contribution < 1.29 is 24.2 Å². The van der Waals surface area contributed by atoms with Gasteiger partial charge in [-0.1, -0.05) is 25.1 Å². The van der Waals surface area contributed by atoms with E-state index in [1.54, 1.807) is 60.5 Å². The molecule has 1 N–H and O–H groups in total. The zero-order valence-corrected chi connectivity index (χ0v) is 18.1. The molecule has 7 nitrogen and oxygen atoms in total. The standard InChI is InChI=1S/C24H28N2O5/c1-4-15-31-20-8-6-7-18(16-20)26-23(28)21(22(24(26)29)25(3)13-14-27)17-9-11-19(12-10-17)30-5-2/h6-12,16,27H,4-5,13-15H2,1-3H3. The fourth-order valence-electron chi connectivity index (χ4n) is 3.45. The van der Waals surface area contributed by atoms with E-state index < -0.39 is 11.8 Å². The van der Waals surface area contributed by atoms with Gasteiger partial charge in [0.25, 0.3) is 11.8 Å². The Morgan fingerprint density at radius 1 is 0.968 bits per heavy atom. The fraction of sp³-hybridized carbons (Fsp3) is 0.333. The van der Waals surface area contributed by atoms with Crippen molar-refractivity contribution in [1.29, 1.82) is 0 Å². The number of aliphatic hydroxyl groups excluding tert-OH is 1. The van der Waals surface area contributed by atoms with Crippen LogP contribution < -0.4 is 14.4 Å². The first-order valence-electron chi connectivity index (χ1n) is 10.4. The topological polar surface area (TPSA) is 79.3 Å². The average Bonchev–Trinajstić information content (AvgIpc) is 3.03. The van der Waals surface area contributed by atoms with Crippen LogP contribution in [0.5, 0.6) is 11.5 Å². The normalized spacial score (nSPS) is 13.7. The zero-order valence-electron chi connectivity index (χ0n) is 18.1. The SMILES string of the molecule is CCCOc1cccc(N2C(=O)C(c3ccc(OCC)cc3)=C(N(C)CCO)C2=O)c1. The van der Waals surface area contributed by atoms with Gasteiger partial charge in [-0.05, 0) is 43.2 Å². The lowest BCUT2D eigenvalue weighted by Gasteiger charge is -2.20. The Labute approximate surface area is 182 Å². The van der Waals surface area contributed by atoms with E-state index in [4.69, 9.17) is 9.47 Å². The summed E-state index contributed by atoms with van der Waals surface area (Å²) in [5, 5.41) is 9.40. The van der Waals surface area contributed by atoms with Crippen LogP contribution in [0.3, 0.4) is 0 Å². The van der Waals surface area contributed by atoms with E-state index in [1.165, 1.54) is 0 Å². The number of anilines is 1. The molecule has 7 heteroatoms. The molecular formula is C24H28N2O5. The highest BCUT2D eigenvalue weighted by Crippen LogP contribution is 2.35. The molecule has 1 heterocycles. The van der Waals surface area contributed by atoms with Crippen molar-refractivity contribution in [1.82, 2.24) is 4.90 Å². The van der Waals surface area contributed by atoms with E-state index in [2.05, 4.69) is 0 Å². The summed E-state index contributed by atoms with van der Waals surface area (Å²) in [5.74, 6) is 0.435. The summed E-state index contributed by atoms with van der Waals surface area (Å²) in [7, 11) is 1.69. The van der Waals surface area contributed by atoms with Gasteiger partial charge >= 0.3 is 0 Å². The van der Waals surface area contributed by atoms with Crippen LogP contribution in [0.25, 0.3) is 5.57 Å². The third-order valence-electron chi connectivity index (χ3n) is 4.88. The van der Waals surface area contributed by atoms with Crippen molar-refractivity contribution in [3.63, 3.8) is 0 Å². The number of rotatable bonds is 10. The van der Waals surface area contributed by atoms with Gasteiger partial charge in [0.15, 0.2) is 0 Å². The molecule has 0 atom stereocenters. The molecule has 164 valence electrons. The number of carbonyl (C=O) groups is 2. The number of imide groups is 1. The summed E-state index contributed by atoms with van der Waals surface area (Å²) in [6.45, 7) is 5.07. The Kier molecular flexibility index (Phi) is 7.31. The number of amides is 2. The number of hydrogen-bond acceptors (Lipinski definition) is 6. The number of aliphatic hydroxyl groups is 1. The highest BCUT2D eigenvalue weighted by Gasteiger charge is 2.41. The second-order valence-corrected chi connectivity index (χ2v) is 7.12. The van der Waals surface area contributed by atoms with Crippen molar-refractivity contribution in [3.05, 3.63) is 59.8 Å². The molecule has 0 saturated heterocycles. The zero-order chi connectivity index (χ0) is 22.4. The molecule has 0 spiro atoms. The highest BCUT2D eigenvalue weighted by atomic mass is 16.5. The second kappa shape index (κ2) is 10.1. The Morgan fingerprint density at radius 3 is 2.35 bits per heavy atom. The maximum atomic E-state index is 13.5. The minimum Gasteiger partial charge on any atom is -0.494 e.